The van der Waals surface area contributed by atoms with Crippen LogP contribution in [-0.4, -0.2) is 5.25 Å². The minimum absolute atomic E-state index is 0.700. The number of benzene rings is 1. The van der Waals surface area contributed by atoms with Crippen LogP contribution in [0.15, 0.2) is 24.3 Å². The van der Waals surface area contributed by atoms with E-state index in [0.29, 0.717) is 5.92 Å². The highest BCUT2D eigenvalue weighted by Crippen LogP contribution is 2.31. The Hall–Kier alpha value is -0.430. The van der Waals surface area contributed by atoms with Crippen molar-refractivity contribution in [2.45, 2.75) is 62.9 Å². The van der Waals surface area contributed by atoms with E-state index in [4.69, 9.17) is 0 Å². The zero-order valence-electron chi connectivity index (χ0n) is 11.1. The molecule has 0 aliphatic heterocycles. The quantitative estimate of drug-likeness (QED) is 0.674. The van der Waals surface area contributed by atoms with E-state index in [2.05, 4.69) is 49.9 Å². The van der Waals surface area contributed by atoms with E-state index in [0.717, 1.165) is 5.25 Å². The van der Waals surface area contributed by atoms with Crippen molar-refractivity contribution in [3.8, 4) is 0 Å². The van der Waals surface area contributed by atoms with Crippen molar-refractivity contribution in [2.24, 2.45) is 0 Å². The summed E-state index contributed by atoms with van der Waals surface area (Å²) in [5.74, 6) is 1.90. The van der Waals surface area contributed by atoms with Gasteiger partial charge >= 0.3 is 0 Å². The second kappa shape index (κ2) is 6.49. The molecule has 1 fully saturated rings. The van der Waals surface area contributed by atoms with Crippen LogP contribution in [0.2, 0.25) is 0 Å². The molecule has 0 heterocycles. The van der Waals surface area contributed by atoms with E-state index in [9.17, 15) is 0 Å². The first kappa shape index (κ1) is 13.0. The summed E-state index contributed by atoms with van der Waals surface area (Å²) >= 11 is 2.16. The first-order valence-electron chi connectivity index (χ1n) is 7.00. The van der Waals surface area contributed by atoms with E-state index < -0.39 is 0 Å². The number of thioether (sulfide) groups is 1. The summed E-state index contributed by atoms with van der Waals surface area (Å²) < 4.78 is 0. The molecular formula is C16H24S. The van der Waals surface area contributed by atoms with Crippen molar-refractivity contribution >= 4 is 11.8 Å². The lowest BCUT2D eigenvalue weighted by atomic mass is 9.98. The molecule has 0 aromatic heterocycles. The lowest BCUT2D eigenvalue weighted by molar-refractivity contribution is 0.733. The lowest BCUT2D eigenvalue weighted by Gasteiger charge is -2.11. The third-order valence-corrected chi connectivity index (χ3v) is 5.39. The fourth-order valence-electron chi connectivity index (χ4n) is 2.45. The Labute approximate surface area is 110 Å². The van der Waals surface area contributed by atoms with Crippen LogP contribution in [0, 0.1) is 0 Å². The molecule has 0 bridgehead atoms. The average molecular weight is 248 g/mol. The topological polar surface area (TPSA) is 0 Å². The maximum atomic E-state index is 2.32. The molecule has 94 valence electrons. The third-order valence-electron chi connectivity index (χ3n) is 3.95. The van der Waals surface area contributed by atoms with Crippen molar-refractivity contribution in [1.82, 2.24) is 0 Å². The number of hydrogen-bond acceptors (Lipinski definition) is 1. The second-order valence-electron chi connectivity index (χ2n) is 5.27. The van der Waals surface area contributed by atoms with Gasteiger partial charge in [0, 0.05) is 11.0 Å². The summed E-state index contributed by atoms with van der Waals surface area (Å²) in [6.07, 6.45) is 7.01. The molecule has 1 aromatic carbocycles. The molecule has 1 heteroatoms. The largest absolute Gasteiger partial charge is 0.154 e. The first-order valence-corrected chi connectivity index (χ1v) is 8.05. The second-order valence-corrected chi connectivity index (χ2v) is 6.56. The Kier molecular flexibility index (Phi) is 4.97. The minimum atomic E-state index is 0.700. The molecule has 1 aliphatic carbocycles. The normalized spacial score (nSPS) is 18.5. The summed E-state index contributed by atoms with van der Waals surface area (Å²) in [5, 5.41) is 0.934. The summed E-state index contributed by atoms with van der Waals surface area (Å²) in [6, 6.07) is 9.28. The van der Waals surface area contributed by atoms with Gasteiger partial charge in [0.2, 0.25) is 0 Å². The Bertz CT molecular complexity index is 322. The molecular weight excluding hydrogens is 224 g/mol. The Morgan fingerprint density at radius 1 is 1.18 bits per heavy atom. The molecule has 1 aliphatic rings. The number of hydrogen-bond donors (Lipinski definition) is 0. The zero-order chi connectivity index (χ0) is 12.1. The third kappa shape index (κ3) is 3.77. The highest BCUT2D eigenvalue weighted by Gasteiger charge is 2.15. The molecule has 0 saturated heterocycles. The van der Waals surface area contributed by atoms with Gasteiger partial charge in [-0.2, -0.15) is 11.8 Å². The van der Waals surface area contributed by atoms with Crippen molar-refractivity contribution in [3.63, 3.8) is 0 Å². The van der Waals surface area contributed by atoms with Crippen molar-refractivity contribution in [2.75, 3.05) is 0 Å². The molecule has 17 heavy (non-hydrogen) atoms. The van der Waals surface area contributed by atoms with Crippen LogP contribution in [0.5, 0.6) is 0 Å². The summed E-state index contributed by atoms with van der Waals surface area (Å²) in [5.41, 5.74) is 2.98. The van der Waals surface area contributed by atoms with Crippen molar-refractivity contribution < 1.29 is 0 Å². The Morgan fingerprint density at radius 2 is 1.82 bits per heavy atom. The van der Waals surface area contributed by atoms with Crippen LogP contribution < -0.4 is 0 Å². The molecule has 0 amide bonds. The molecule has 2 rings (SSSR count). The fourth-order valence-corrected chi connectivity index (χ4v) is 3.73. The Morgan fingerprint density at radius 3 is 2.41 bits per heavy atom. The highest BCUT2D eigenvalue weighted by atomic mass is 32.2. The lowest BCUT2D eigenvalue weighted by Crippen LogP contribution is -1.95. The SMILES string of the molecule is CCC(C)c1ccc(CSC2CCCC2)cc1. The summed E-state index contributed by atoms with van der Waals surface area (Å²) in [6.45, 7) is 4.57. The van der Waals surface area contributed by atoms with Gasteiger partial charge in [-0.1, -0.05) is 51.0 Å². The molecule has 1 atom stereocenters. The highest BCUT2D eigenvalue weighted by molar-refractivity contribution is 7.99. The predicted molar refractivity (Wildman–Crippen MR) is 78.7 cm³/mol. The number of rotatable bonds is 5. The minimum Gasteiger partial charge on any atom is -0.154 e. The van der Waals surface area contributed by atoms with E-state index in [1.807, 2.05) is 0 Å². The monoisotopic (exact) mass is 248 g/mol. The van der Waals surface area contributed by atoms with Crippen LogP contribution >= 0.6 is 11.8 Å². The van der Waals surface area contributed by atoms with Gasteiger partial charge < -0.3 is 0 Å². The van der Waals surface area contributed by atoms with E-state index in [1.54, 1.807) is 0 Å². The van der Waals surface area contributed by atoms with Crippen LogP contribution in [0.1, 0.15) is 63.0 Å². The van der Waals surface area contributed by atoms with Gasteiger partial charge in [0.25, 0.3) is 0 Å². The zero-order valence-corrected chi connectivity index (χ0v) is 11.9. The van der Waals surface area contributed by atoms with E-state index >= 15 is 0 Å². The summed E-state index contributed by atoms with van der Waals surface area (Å²) in [7, 11) is 0. The van der Waals surface area contributed by atoms with Gasteiger partial charge in [0.15, 0.2) is 0 Å². The maximum absolute atomic E-state index is 2.32. The molecule has 1 saturated carbocycles. The fraction of sp³-hybridized carbons (Fsp3) is 0.625. The van der Waals surface area contributed by atoms with Crippen LogP contribution in [0.25, 0.3) is 0 Å². The van der Waals surface area contributed by atoms with Crippen LogP contribution in [0.3, 0.4) is 0 Å². The Balaban J connectivity index is 1.84. The maximum Gasteiger partial charge on any atom is 0.0187 e. The van der Waals surface area contributed by atoms with E-state index in [1.165, 1.54) is 49.0 Å². The van der Waals surface area contributed by atoms with Gasteiger partial charge in [-0.3, -0.25) is 0 Å². The van der Waals surface area contributed by atoms with Gasteiger partial charge in [-0.15, -0.1) is 0 Å². The van der Waals surface area contributed by atoms with Gasteiger partial charge in [0.05, 0.1) is 0 Å². The standard InChI is InChI=1S/C16H24S/c1-3-13(2)15-10-8-14(9-11-15)12-17-16-6-4-5-7-16/h8-11,13,16H,3-7,12H2,1-2H3. The summed E-state index contributed by atoms with van der Waals surface area (Å²) in [4.78, 5) is 0. The molecule has 0 radical (unpaired) electrons. The molecule has 0 N–H and O–H groups in total. The average Bonchev–Trinajstić information content (AvgIpc) is 2.89. The first-order chi connectivity index (χ1) is 8.29. The van der Waals surface area contributed by atoms with Crippen molar-refractivity contribution in [1.29, 1.82) is 0 Å². The predicted octanol–water partition coefficient (Wildman–Crippen LogP) is 5.38. The van der Waals surface area contributed by atoms with Crippen LogP contribution in [0.4, 0.5) is 0 Å². The van der Waals surface area contributed by atoms with Gasteiger partial charge in [0.1, 0.15) is 0 Å². The van der Waals surface area contributed by atoms with Crippen molar-refractivity contribution in [3.05, 3.63) is 35.4 Å². The molecule has 0 nitrogen and oxygen atoms in total. The molecule has 0 spiro atoms. The van der Waals surface area contributed by atoms with E-state index in [-0.39, 0.29) is 0 Å². The van der Waals surface area contributed by atoms with Gasteiger partial charge in [-0.25, -0.2) is 0 Å². The molecule has 1 aromatic rings. The molecule has 1 unspecified atom stereocenters. The smallest absolute Gasteiger partial charge is 0.0187 e. The van der Waals surface area contributed by atoms with Crippen LogP contribution in [-0.2, 0) is 5.75 Å². The van der Waals surface area contributed by atoms with Gasteiger partial charge in [-0.05, 0) is 36.3 Å².